The Morgan fingerprint density at radius 3 is 2.67 bits per heavy atom. The molecule has 0 aliphatic heterocycles. The van der Waals surface area contributed by atoms with Crippen LogP contribution in [-0.2, 0) is 0 Å². The molecule has 6 nitrogen and oxygen atoms in total. The van der Waals surface area contributed by atoms with Crippen LogP contribution < -0.4 is 10.6 Å². The summed E-state index contributed by atoms with van der Waals surface area (Å²) < 4.78 is 0. The van der Waals surface area contributed by atoms with Crippen molar-refractivity contribution in [2.45, 2.75) is 19.4 Å². The fourth-order valence-electron chi connectivity index (χ4n) is 2.29. The monoisotopic (exact) mass is 327 g/mol. The fourth-order valence-corrected chi connectivity index (χ4v) is 2.29. The summed E-state index contributed by atoms with van der Waals surface area (Å²) in [5, 5.41) is 6.18. The third-order valence-corrected chi connectivity index (χ3v) is 3.64. The molecule has 0 radical (unpaired) electrons. The fraction of sp³-hybridized carbons (Fsp3) is 0.389. The smallest absolute Gasteiger partial charge is 0.270 e. The summed E-state index contributed by atoms with van der Waals surface area (Å²) in [5.74, 6) is 0.464. The number of nitrogens with one attached hydrogen (secondary N) is 2. The Bertz CT molecular complexity index is 645. The van der Waals surface area contributed by atoms with Crippen molar-refractivity contribution in [3.63, 3.8) is 0 Å². The predicted octanol–water partition coefficient (Wildman–Crippen LogP) is 2.33. The van der Waals surface area contributed by atoms with Crippen molar-refractivity contribution in [1.82, 2.24) is 20.2 Å². The molecule has 24 heavy (non-hydrogen) atoms. The maximum atomic E-state index is 12.4. The van der Waals surface area contributed by atoms with Crippen LogP contribution in [0.5, 0.6) is 0 Å². The summed E-state index contributed by atoms with van der Waals surface area (Å²) >= 11 is 0. The highest BCUT2D eigenvalue weighted by Gasteiger charge is 2.13. The van der Waals surface area contributed by atoms with E-state index in [0.29, 0.717) is 11.5 Å². The minimum absolute atomic E-state index is 0.0786. The molecule has 0 fully saturated rings. The van der Waals surface area contributed by atoms with Crippen molar-refractivity contribution < 1.29 is 4.79 Å². The van der Waals surface area contributed by atoms with E-state index in [2.05, 4.69) is 25.5 Å². The van der Waals surface area contributed by atoms with Crippen molar-refractivity contribution in [3.8, 4) is 0 Å². The number of carbonyl (C=O) groups excluding carboxylic acids is 1. The first kappa shape index (κ1) is 17.9. The summed E-state index contributed by atoms with van der Waals surface area (Å²) in [5.41, 5.74) is 1.42. The zero-order chi connectivity index (χ0) is 17.4. The lowest BCUT2D eigenvalue weighted by Crippen LogP contribution is -2.27. The highest BCUT2D eigenvalue weighted by Crippen LogP contribution is 2.12. The van der Waals surface area contributed by atoms with Gasteiger partial charge in [0, 0.05) is 12.6 Å². The van der Waals surface area contributed by atoms with Crippen LogP contribution in [0.25, 0.3) is 0 Å². The predicted molar refractivity (Wildman–Crippen MR) is 96.0 cm³/mol. The van der Waals surface area contributed by atoms with E-state index in [1.54, 1.807) is 6.07 Å². The second kappa shape index (κ2) is 8.98. The number of carbonyl (C=O) groups is 1. The third kappa shape index (κ3) is 5.62. The number of rotatable bonds is 8. The van der Waals surface area contributed by atoms with Crippen LogP contribution in [0.15, 0.2) is 42.7 Å². The number of benzene rings is 1. The number of hydrogen-bond donors (Lipinski definition) is 2. The van der Waals surface area contributed by atoms with Crippen molar-refractivity contribution in [2.24, 2.45) is 0 Å². The Morgan fingerprint density at radius 2 is 1.96 bits per heavy atom. The lowest BCUT2D eigenvalue weighted by atomic mass is 10.1. The maximum Gasteiger partial charge on any atom is 0.270 e. The van der Waals surface area contributed by atoms with Crippen molar-refractivity contribution >= 4 is 11.7 Å². The summed E-state index contributed by atoms with van der Waals surface area (Å²) in [6, 6.07) is 11.5. The molecule has 0 saturated carbocycles. The first-order valence-electron chi connectivity index (χ1n) is 8.12. The van der Waals surface area contributed by atoms with Gasteiger partial charge in [-0.15, -0.1) is 0 Å². The highest BCUT2D eigenvalue weighted by molar-refractivity contribution is 5.93. The lowest BCUT2D eigenvalue weighted by Gasteiger charge is -2.14. The number of aromatic nitrogens is 2. The first-order chi connectivity index (χ1) is 11.6. The van der Waals surface area contributed by atoms with Gasteiger partial charge >= 0.3 is 0 Å². The van der Waals surface area contributed by atoms with Crippen LogP contribution in [0.3, 0.4) is 0 Å². The Balaban J connectivity index is 1.91. The maximum absolute atomic E-state index is 12.4. The average molecular weight is 327 g/mol. The molecule has 2 aromatic rings. The molecule has 1 aromatic heterocycles. The van der Waals surface area contributed by atoms with Crippen molar-refractivity contribution in [3.05, 3.63) is 54.0 Å². The molecule has 1 heterocycles. The molecule has 6 heteroatoms. The molecule has 0 saturated heterocycles. The molecular weight excluding hydrogens is 302 g/mol. The normalized spacial score (nSPS) is 12.0. The number of nitrogens with zero attached hydrogens (tertiary/aromatic N) is 3. The van der Waals surface area contributed by atoms with E-state index < -0.39 is 0 Å². The van der Waals surface area contributed by atoms with Gasteiger partial charge in [-0.05, 0) is 39.5 Å². The zero-order valence-corrected chi connectivity index (χ0v) is 14.5. The van der Waals surface area contributed by atoms with Gasteiger partial charge in [0.25, 0.3) is 5.91 Å². The van der Waals surface area contributed by atoms with E-state index in [0.717, 1.165) is 25.1 Å². The number of anilines is 1. The van der Waals surface area contributed by atoms with Crippen LogP contribution >= 0.6 is 0 Å². The summed E-state index contributed by atoms with van der Waals surface area (Å²) in [6.07, 6.45) is 2.42. The molecule has 2 N–H and O–H groups in total. The molecule has 0 spiro atoms. The zero-order valence-electron chi connectivity index (χ0n) is 14.5. The van der Waals surface area contributed by atoms with E-state index >= 15 is 0 Å². The van der Waals surface area contributed by atoms with Crippen LogP contribution in [0.4, 0.5) is 5.82 Å². The summed E-state index contributed by atoms with van der Waals surface area (Å²) in [7, 11) is 4.09. The molecular formula is C18H25N5O. The van der Waals surface area contributed by atoms with E-state index in [9.17, 15) is 4.79 Å². The van der Waals surface area contributed by atoms with Gasteiger partial charge in [0.2, 0.25) is 0 Å². The van der Waals surface area contributed by atoms with Gasteiger partial charge in [0.1, 0.15) is 17.8 Å². The standard InChI is InChI=1S/C18H25N5O/c1-14(15-8-5-4-6-9-15)22-18(24)16-12-17(21-13-20-16)19-10-7-11-23(2)3/h4-6,8-9,12-14H,7,10-11H2,1-3H3,(H,22,24)(H,19,20,21). The Labute approximate surface area is 143 Å². The third-order valence-electron chi connectivity index (χ3n) is 3.64. The van der Waals surface area contributed by atoms with Crippen LogP contribution in [0.1, 0.15) is 35.4 Å². The molecule has 128 valence electrons. The van der Waals surface area contributed by atoms with Crippen molar-refractivity contribution in [2.75, 3.05) is 32.5 Å². The molecule has 1 atom stereocenters. The topological polar surface area (TPSA) is 70.2 Å². The second-order valence-corrected chi connectivity index (χ2v) is 5.98. The second-order valence-electron chi connectivity index (χ2n) is 5.98. The summed E-state index contributed by atoms with van der Waals surface area (Å²) in [6.45, 7) is 3.76. The van der Waals surface area contributed by atoms with E-state index in [4.69, 9.17) is 0 Å². The lowest BCUT2D eigenvalue weighted by molar-refractivity contribution is 0.0934. The van der Waals surface area contributed by atoms with Gasteiger partial charge in [-0.3, -0.25) is 4.79 Å². The van der Waals surface area contributed by atoms with E-state index in [1.165, 1.54) is 6.33 Å². The van der Waals surface area contributed by atoms with Gasteiger partial charge in [-0.2, -0.15) is 0 Å². The molecule has 0 aliphatic carbocycles. The Hall–Kier alpha value is -2.47. The van der Waals surface area contributed by atoms with Crippen LogP contribution in [-0.4, -0.2) is 48.0 Å². The quantitative estimate of drug-likeness (QED) is 0.728. The molecule has 1 unspecified atom stereocenters. The van der Waals surface area contributed by atoms with E-state index in [-0.39, 0.29) is 11.9 Å². The van der Waals surface area contributed by atoms with Gasteiger partial charge in [-0.1, -0.05) is 30.3 Å². The van der Waals surface area contributed by atoms with E-state index in [1.807, 2.05) is 51.4 Å². The molecule has 1 amide bonds. The minimum atomic E-state index is -0.204. The molecule has 0 aliphatic rings. The van der Waals surface area contributed by atoms with Gasteiger partial charge in [-0.25, -0.2) is 9.97 Å². The Kier molecular flexibility index (Phi) is 6.69. The number of hydrogen-bond acceptors (Lipinski definition) is 5. The molecule has 0 bridgehead atoms. The average Bonchev–Trinajstić information content (AvgIpc) is 2.59. The highest BCUT2D eigenvalue weighted by atomic mass is 16.1. The summed E-state index contributed by atoms with van der Waals surface area (Å²) in [4.78, 5) is 22.7. The molecule has 1 aromatic carbocycles. The first-order valence-corrected chi connectivity index (χ1v) is 8.12. The molecule has 2 rings (SSSR count). The van der Waals surface area contributed by atoms with Crippen LogP contribution in [0, 0.1) is 0 Å². The SMILES string of the molecule is CC(NC(=O)c1cc(NCCCN(C)C)ncn1)c1ccccc1. The minimum Gasteiger partial charge on any atom is -0.370 e. The van der Waals surface area contributed by atoms with Gasteiger partial charge < -0.3 is 15.5 Å². The largest absolute Gasteiger partial charge is 0.370 e. The van der Waals surface area contributed by atoms with Gasteiger partial charge in [0.05, 0.1) is 6.04 Å². The van der Waals surface area contributed by atoms with Crippen molar-refractivity contribution in [1.29, 1.82) is 0 Å². The van der Waals surface area contributed by atoms with Gasteiger partial charge in [0.15, 0.2) is 0 Å². The number of amides is 1. The van der Waals surface area contributed by atoms with Crippen LogP contribution in [0.2, 0.25) is 0 Å². The Morgan fingerprint density at radius 1 is 1.21 bits per heavy atom.